The Balaban J connectivity index is 2.60. The van der Waals surface area contributed by atoms with Gasteiger partial charge in [0.2, 0.25) is 0 Å². The maximum atomic E-state index is 5.70. The molecule has 3 heteroatoms. The van der Waals surface area contributed by atoms with Crippen LogP contribution in [0.5, 0.6) is 0 Å². The van der Waals surface area contributed by atoms with Crippen LogP contribution in [0.25, 0.3) is 0 Å². The Bertz CT molecular complexity index is 379. The first-order valence-corrected chi connectivity index (χ1v) is 7.88. The van der Waals surface area contributed by atoms with Crippen molar-refractivity contribution in [2.75, 3.05) is 13.1 Å². The monoisotopic (exact) mass is 280 g/mol. The van der Waals surface area contributed by atoms with E-state index < -0.39 is 0 Å². The number of nitrogens with one attached hydrogen (secondary N) is 1. The normalized spacial score (nSPS) is 13.9. The average molecular weight is 280 g/mol. The van der Waals surface area contributed by atoms with Crippen molar-refractivity contribution in [3.05, 3.63) is 23.7 Å². The van der Waals surface area contributed by atoms with Crippen LogP contribution in [-0.2, 0) is 13.1 Å². The molecule has 1 aromatic heterocycles. The molecular formula is C17H32N2O. The van der Waals surface area contributed by atoms with Crippen LogP contribution in [0.15, 0.2) is 16.7 Å². The summed E-state index contributed by atoms with van der Waals surface area (Å²) in [6.07, 6.45) is 3.04. The molecule has 0 saturated carbocycles. The minimum atomic E-state index is 0.135. The molecular weight excluding hydrogens is 248 g/mol. The minimum Gasteiger partial charge on any atom is -0.468 e. The smallest absolute Gasteiger partial charge is 0.122 e. The molecule has 0 aliphatic carbocycles. The van der Waals surface area contributed by atoms with E-state index in [-0.39, 0.29) is 5.54 Å². The van der Waals surface area contributed by atoms with Crippen LogP contribution in [-0.4, -0.2) is 23.5 Å². The molecule has 0 bridgehead atoms. The Labute approximate surface area is 124 Å². The van der Waals surface area contributed by atoms with Crippen molar-refractivity contribution >= 4 is 0 Å². The summed E-state index contributed by atoms with van der Waals surface area (Å²) in [6, 6.07) is 2.09. The highest BCUT2D eigenvalue weighted by Gasteiger charge is 2.15. The van der Waals surface area contributed by atoms with Gasteiger partial charge in [-0.05, 0) is 39.3 Å². The largest absolute Gasteiger partial charge is 0.468 e. The predicted molar refractivity (Wildman–Crippen MR) is 85.7 cm³/mol. The van der Waals surface area contributed by atoms with E-state index in [2.05, 4.69) is 57.8 Å². The van der Waals surface area contributed by atoms with Crippen LogP contribution in [0, 0.1) is 5.92 Å². The predicted octanol–water partition coefficient (Wildman–Crippen LogP) is 4.04. The van der Waals surface area contributed by atoms with E-state index in [1.807, 2.05) is 6.26 Å². The van der Waals surface area contributed by atoms with Gasteiger partial charge in [-0.15, -0.1) is 0 Å². The van der Waals surface area contributed by atoms with Gasteiger partial charge in [0.15, 0.2) is 0 Å². The van der Waals surface area contributed by atoms with Crippen LogP contribution in [0.4, 0.5) is 0 Å². The number of hydrogen-bond donors (Lipinski definition) is 1. The zero-order valence-electron chi connectivity index (χ0n) is 14.1. The molecule has 0 aromatic carbocycles. The van der Waals surface area contributed by atoms with E-state index >= 15 is 0 Å². The molecule has 1 rings (SSSR count). The van der Waals surface area contributed by atoms with Crippen molar-refractivity contribution < 1.29 is 4.42 Å². The molecule has 3 nitrogen and oxygen atoms in total. The van der Waals surface area contributed by atoms with Crippen molar-refractivity contribution in [2.24, 2.45) is 5.92 Å². The van der Waals surface area contributed by atoms with Gasteiger partial charge < -0.3 is 9.73 Å². The number of hydrogen-bond acceptors (Lipinski definition) is 3. The minimum absolute atomic E-state index is 0.135. The van der Waals surface area contributed by atoms with Gasteiger partial charge in [-0.3, -0.25) is 4.90 Å². The number of rotatable bonds is 8. The molecule has 20 heavy (non-hydrogen) atoms. The Morgan fingerprint density at radius 1 is 1.30 bits per heavy atom. The lowest BCUT2D eigenvalue weighted by Crippen LogP contribution is -2.35. The molecule has 1 heterocycles. The summed E-state index contributed by atoms with van der Waals surface area (Å²) in [7, 11) is 0. The summed E-state index contributed by atoms with van der Waals surface area (Å²) in [5, 5.41) is 3.53. The molecule has 0 radical (unpaired) electrons. The molecule has 116 valence electrons. The Hall–Kier alpha value is -0.800. The first kappa shape index (κ1) is 17.3. The first-order valence-electron chi connectivity index (χ1n) is 7.88. The van der Waals surface area contributed by atoms with Gasteiger partial charge in [0, 0.05) is 24.2 Å². The van der Waals surface area contributed by atoms with Gasteiger partial charge in [-0.2, -0.15) is 0 Å². The molecule has 0 fully saturated rings. The van der Waals surface area contributed by atoms with Gasteiger partial charge in [-0.25, -0.2) is 0 Å². The zero-order chi connectivity index (χ0) is 15.2. The Morgan fingerprint density at radius 3 is 2.55 bits per heavy atom. The molecule has 0 spiro atoms. The van der Waals surface area contributed by atoms with E-state index in [4.69, 9.17) is 4.42 Å². The van der Waals surface area contributed by atoms with E-state index in [1.165, 1.54) is 12.0 Å². The fourth-order valence-electron chi connectivity index (χ4n) is 2.10. The summed E-state index contributed by atoms with van der Waals surface area (Å²) in [5.74, 6) is 1.84. The topological polar surface area (TPSA) is 28.4 Å². The second-order valence-electron chi connectivity index (χ2n) is 6.81. The Morgan fingerprint density at radius 2 is 2.00 bits per heavy atom. The fraction of sp³-hybridized carbons (Fsp3) is 0.765. The summed E-state index contributed by atoms with van der Waals surface area (Å²) >= 11 is 0. The van der Waals surface area contributed by atoms with Crippen LogP contribution in [0.3, 0.4) is 0 Å². The highest BCUT2D eigenvalue weighted by Crippen LogP contribution is 2.16. The second-order valence-corrected chi connectivity index (χ2v) is 6.81. The van der Waals surface area contributed by atoms with Gasteiger partial charge in [0.1, 0.15) is 5.76 Å². The summed E-state index contributed by atoms with van der Waals surface area (Å²) in [5.41, 5.74) is 1.41. The summed E-state index contributed by atoms with van der Waals surface area (Å²) in [4.78, 5) is 2.47. The lowest BCUT2D eigenvalue weighted by atomic mass is 10.1. The second kappa shape index (κ2) is 7.84. The fourth-order valence-corrected chi connectivity index (χ4v) is 2.10. The van der Waals surface area contributed by atoms with E-state index in [0.29, 0.717) is 0 Å². The van der Waals surface area contributed by atoms with Crippen molar-refractivity contribution in [1.29, 1.82) is 0 Å². The average Bonchev–Trinajstić information content (AvgIpc) is 2.81. The van der Waals surface area contributed by atoms with Crippen LogP contribution >= 0.6 is 0 Å². The standard InChI is InChI=1S/C17H32N2O/c1-7-14(3)12-19(8-2)13-16-15(9-10-20-16)11-18-17(4,5)6/h9-10,14,18H,7-8,11-13H2,1-6H3. The van der Waals surface area contributed by atoms with Gasteiger partial charge in [0.05, 0.1) is 12.8 Å². The van der Waals surface area contributed by atoms with E-state index in [9.17, 15) is 0 Å². The lowest BCUT2D eigenvalue weighted by Gasteiger charge is -2.24. The van der Waals surface area contributed by atoms with Crippen LogP contribution in [0.2, 0.25) is 0 Å². The molecule has 0 aliphatic heterocycles. The third kappa shape index (κ3) is 6.10. The zero-order valence-corrected chi connectivity index (χ0v) is 14.1. The number of furan rings is 1. The van der Waals surface area contributed by atoms with Gasteiger partial charge in [0.25, 0.3) is 0 Å². The third-order valence-corrected chi connectivity index (χ3v) is 3.73. The SMILES string of the molecule is CCC(C)CN(CC)Cc1occc1CNC(C)(C)C. The van der Waals surface area contributed by atoms with Crippen LogP contribution < -0.4 is 5.32 Å². The summed E-state index contributed by atoms with van der Waals surface area (Å²) < 4.78 is 5.70. The van der Waals surface area contributed by atoms with Crippen molar-refractivity contribution in [2.45, 2.75) is 66.6 Å². The number of nitrogens with zero attached hydrogens (tertiary/aromatic N) is 1. The summed E-state index contributed by atoms with van der Waals surface area (Å²) in [6.45, 7) is 17.3. The van der Waals surface area contributed by atoms with Crippen molar-refractivity contribution in [1.82, 2.24) is 10.2 Å². The lowest BCUT2D eigenvalue weighted by molar-refractivity contribution is 0.219. The maximum absolute atomic E-state index is 5.70. The van der Waals surface area contributed by atoms with E-state index in [1.54, 1.807) is 0 Å². The van der Waals surface area contributed by atoms with E-state index in [0.717, 1.165) is 37.9 Å². The molecule has 0 amide bonds. The molecule has 1 N–H and O–H groups in total. The van der Waals surface area contributed by atoms with Gasteiger partial charge in [-0.1, -0.05) is 27.2 Å². The third-order valence-electron chi connectivity index (χ3n) is 3.73. The maximum Gasteiger partial charge on any atom is 0.122 e. The Kier molecular flexibility index (Phi) is 6.77. The first-order chi connectivity index (χ1) is 9.35. The highest BCUT2D eigenvalue weighted by atomic mass is 16.3. The quantitative estimate of drug-likeness (QED) is 0.779. The molecule has 1 atom stereocenters. The van der Waals surface area contributed by atoms with Gasteiger partial charge >= 0.3 is 0 Å². The molecule has 1 unspecified atom stereocenters. The molecule has 0 saturated heterocycles. The van der Waals surface area contributed by atoms with Crippen molar-refractivity contribution in [3.63, 3.8) is 0 Å². The van der Waals surface area contributed by atoms with Crippen molar-refractivity contribution in [3.8, 4) is 0 Å². The molecule has 0 aliphatic rings. The molecule has 1 aromatic rings. The highest BCUT2D eigenvalue weighted by molar-refractivity contribution is 5.17. The van der Waals surface area contributed by atoms with Crippen LogP contribution in [0.1, 0.15) is 59.3 Å².